The first-order valence-corrected chi connectivity index (χ1v) is 18.0. The van der Waals surface area contributed by atoms with Crippen molar-refractivity contribution >= 4 is 21.5 Å². The Labute approximate surface area is 293 Å². The quantitative estimate of drug-likeness (QED) is 0.191. The molecule has 0 atom stereocenters. The lowest BCUT2D eigenvalue weighted by Crippen LogP contribution is -2.28. The Kier molecular flexibility index (Phi) is 6.77. The molecule has 238 valence electrons. The molecule has 0 aliphatic heterocycles. The average molecular weight is 641 g/mol. The number of nitrogens with zero attached hydrogens (tertiary/aromatic N) is 2. The monoisotopic (exact) mass is 640 g/mol. The van der Waals surface area contributed by atoms with E-state index in [4.69, 9.17) is 9.97 Å². The Bertz CT molecular complexity index is 2500. The summed E-state index contributed by atoms with van der Waals surface area (Å²) in [6.07, 6.45) is 6.38. The second-order valence-electron chi connectivity index (χ2n) is 14.1. The molecule has 0 radical (unpaired) electrons. The van der Waals surface area contributed by atoms with Crippen LogP contribution in [0.3, 0.4) is 0 Å². The van der Waals surface area contributed by atoms with Crippen molar-refractivity contribution in [3.05, 3.63) is 169 Å². The highest BCUT2D eigenvalue weighted by Gasteiger charge is 2.44. The SMILES string of the molecule is c1ccc(-c2cc(-c3ccc4cc(-c5cccc6c5-c5cc7ccccc7cc5C65CCCCC5)ccc4c3)nc(-c3ccccc3)n2)cc1. The van der Waals surface area contributed by atoms with Gasteiger partial charge in [0.2, 0.25) is 0 Å². The molecule has 0 bridgehead atoms. The van der Waals surface area contributed by atoms with Gasteiger partial charge in [-0.3, -0.25) is 0 Å². The van der Waals surface area contributed by atoms with Crippen molar-refractivity contribution in [3.63, 3.8) is 0 Å². The van der Waals surface area contributed by atoms with Crippen LogP contribution in [0.2, 0.25) is 0 Å². The average Bonchev–Trinajstić information content (AvgIpc) is 3.45. The zero-order valence-corrected chi connectivity index (χ0v) is 27.9. The van der Waals surface area contributed by atoms with Crippen molar-refractivity contribution in [3.8, 4) is 56.2 Å². The highest BCUT2D eigenvalue weighted by molar-refractivity contribution is 6.00. The predicted molar refractivity (Wildman–Crippen MR) is 208 cm³/mol. The normalized spacial score (nSPS) is 14.6. The van der Waals surface area contributed by atoms with Gasteiger partial charge >= 0.3 is 0 Å². The number of rotatable bonds is 4. The molecule has 1 heterocycles. The number of hydrogen-bond donors (Lipinski definition) is 0. The smallest absolute Gasteiger partial charge is 0.160 e. The maximum absolute atomic E-state index is 5.08. The van der Waals surface area contributed by atoms with Crippen molar-refractivity contribution in [2.75, 3.05) is 0 Å². The summed E-state index contributed by atoms with van der Waals surface area (Å²) in [5.41, 5.74) is 13.7. The van der Waals surface area contributed by atoms with Crippen LogP contribution >= 0.6 is 0 Å². The Morgan fingerprint density at radius 3 is 1.72 bits per heavy atom. The van der Waals surface area contributed by atoms with Gasteiger partial charge in [-0.2, -0.15) is 0 Å². The van der Waals surface area contributed by atoms with Crippen molar-refractivity contribution in [1.29, 1.82) is 0 Å². The second-order valence-corrected chi connectivity index (χ2v) is 14.1. The van der Waals surface area contributed by atoms with Gasteiger partial charge in [0.1, 0.15) is 0 Å². The molecule has 7 aromatic carbocycles. The minimum absolute atomic E-state index is 0.115. The van der Waals surface area contributed by atoms with Gasteiger partial charge < -0.3 is 0 Å². The van der Waals surface area contributed by atoms with Gasteiger partial charge in [-0.1, -0.05) is 147 Å². The molecule has 0 unspecified atom stereocenters. The largest absolute Gasteiger partial charge is 0.228 e. The highest BCUT2D eigenvalue weighted by atomic mass is 14.9. The van der Waals surface area contributed by atoms with Gasteiger partial charge in [0.05, 0.1) is 11.4 Å². The van der Waals surface area contributed by atoms with Crippen LogP contribution in [-0.4, -0.2) is 9.97 Å². The fourth-order valence-corrected chi connectivity index (χ4v) is 8.80. The molecule has 2 heteroatoms. The number of hydrogen-bond acceptors (Lipinski definition) is 2. The maximum Gasteiger partial charge on any atom is 0.160 e. The van der Waals surface area contributed by atoms with Gasteiger partial charge in [0, 0.05) is 22.1 Å². The van der Waals surface area contributed by atoms with E-state index in [9.17, 15) is 0 Å². The Morgan fingerprint density at radius 1 is 0.380 bits per heavy atom. The minimum Gasteiger partial charge on any atom is -0.228 e. The third-order valence-corrected chi connectivity index (χ3v) is 11.2. The van der Waals surface area contributed by atoms with E-state index in [1.54, 1.807) is 5.56 Å². The first kappa shape index (κ1) is 29.1. The molecule has 10 rings (SSSR count). The van der Waals surface area contributed by atoms with E-state index in [2.05, 4.69) is 133 Å². The third-order valence-electron chi connectivity index (χ3n) is 11.2. The first-order chi connectivity index (χ1) is 24.7. The lowest BCUT2D eigenvalue weighted by molar-refractivity contribution is 0.353. The van der Waals surface area contributed by atoms with Crippen molar-refractivity contribution in [1.82, 2.24) is 9.97 Å². The molecule has 0 saturated heterocycles. The van der Waals surface area contributed by atoms with E-state index in [0.29, 0.717) is 0 Å². The summed E-state index contributed by atoms with van der Waals surface area (Å²) in [7, 11) is 0. The molecule has 1 saturated carbocycles. The molecular weight excluding hydrogens is 605 g/mol. The lowest BCUT2D eigenvalue weighted by atomic mass is 9.67. The second kappa shape index (κ2) is 11.6. The molecule has 0 N–H and O–H groups in total. The van der Waals surface area contributed by atoms with Crippen LogP contribution in [0.5, 0.6) is 0 Å². The number of fused-ring (bicyclic) bond motifs is 7. The summed E-state index contributed by atoms with van der Waals surface area (Å²) in [6, 6.07) is 57.4. The molecule has 50 heavy (non-hydrogen) atoms. The van der Waals surface area contributed by atoms with Gasteiger partial charge in [-0.25, -0.2) is 9.97 Å². The molecule has 2 nitrogen and oxygen atoms in total. The van der Waals surface area contributed by atoms with Crippen LogP contribution in [0.15, 0.2) is 158 Å². The van der Waals surface area contributed by atoms with Crippen molar-refractivity contribution in [2.45, 2.75) is 37.5 Å². The molecule has 2 aliphatic carbocycles. The molecule has 1 spiro atoms. The standard InChI is InChI=1S/C48H36N2/c1-4-13-32(14-5-1)44-31-45(50-47(49-44)33-15-6-2-7-16-33)39-24-22-36-27-38(23-21-37(36)28-39)40-19-12-20-42-46(40)41-29-34-17-8-9-18-35(34)30-43(41)48(42)25-10-3-11-26-48/h1-2,4-9,12-24,27-31H,3,10-11,25-26H2. The molecule has 8 aromatic rings. The Morgan fingerprint density at radius 2 is 0.980 bits per heavy atom. The lowest BCUT2D eigenvalue weighted by Gasteiger charge is -2.36. The summed E-state index contributed by atoms with van der Waals surface area (Å²) >= 11 is 0. The first-order valence-electron chi connectivity index (χ1n) is 18.0. The zero-order chi connectivity index (χ0) is 33.1. The van der Waals surface area contributed by atoms with Crippen molar-refractivity contribution in [2.24, 2.45) is 0 Å². The van der Waals surface area contributed by atoms with Crippen LogP contribution in [0.4, 0.5) is 0 Å². The summed E-state index contributed by atoms with van der Waals surface area (Å²) in [5.74, 6) is 0.735. The van der Waals surface area contributed by atoms with Gasteiger partial charge in [0.15, 0.2) is 5.82 Å². The minimum atomic E-state index is 0.115. The zero-order valence-electron chi connectivity index (χ0n) is 27.9. The van der Waals surface area contributed by atoms with Gasteiger partial charge in [-0.05, 0) is 98.1 Å². The van der Waals surface area contributed by atoms with Crippen LogP contribution in [-0.2, 0) is 5.41 Å². The summed E-state index contributed by atoms with van der Waals surface area (Å²) in [4.78, 5) is 10.1. The van der Waals surface area contributed by atoms with E-state index >= 15 is 0 Å². The predicted octanol–water partition coefficient (Wildman–Crippen LogP) is 12.7. The fourth-order valence-electron chi connectivity index (χ4n) is 8.80. The number of aromatic nitrogens is 2. The molecule has 1 fully saturated rings. The van der Waals surface area contributed by atoms with Crippen LogP contribution in [0, 0.1) is 0 Å². The molecular formula is C48H36N2. The van der Waals surface area contributed by atoms with E-state index in [0.717, 1.165) is 33.9 Å². The van der Waals surface area contributed by atoms with Crippen LogP contribution < -0.4 is 0 Å². The topological polar surface area (TPSA) is 25.8 Å². The maximum atomic E-state index is 5.08. The van der Waals surface area contributed by atoms with E-state index in [-0.39, 0.29) is 5.41 Å². The van der Waals surface area contributed by atoms with E-state index in [1.165, 1.54) is 81.5 Å². The highest BCUT2D eigenvalue weighted by Crippen LogP contribution is 2.58. The summed E-state index contributed by atoms with van der Waals surface area (Å²) in [6.45, 7) is 0. The van der Waals surface area contributed by atoms with E-state index < -0.39 is 0 Å². The van der Waals surface area contributed by atoms with Crippen molar-refractivity contribution < 1.29 is 0 Å². The van der Waals surface area contributed by atoms with Gasteiger partial charge in [-0.15, -0.1) is 0 Å². The van der Waals surface area contributed by atoms with E-state index in [1.807, 2.05) is 24.3 Å². The van der Waals surface area contributed by atoms with Crippen LogP contribution in [0.25, 0.3) is 77.7 Å². The Hall–Kier alpha value is -5.86. The molecule has 2 aliphatic rings. The fraction of sp³-hybridized carbons (Fsp3) is 0.125. The van der Waals surface area contributed by atoms with Crippen LogP contribution in [0.1, 0.15) is 43.2 Å². The number of benzene rings is 7. The van der Waals surface area contributed by atoms with Gasteiger partial charge in [0.25, 0.3) is 0 Å². The molecule has 1 aromatic heterocycles. The summed E-state index contributed by atoms with van der Waals surface area (Å²) in [5, 5.41) is 5.10. The molecule has 0 amide bonds. The summed E-state index contributed by atoms with van der Waals surface area (Å²) < 4.78 is 0. The Balaban J connectivity index is 1.09. The third kappa shape index (κ3) is 4.70.